The minimum Gasteiger partial charge on any atom is -0.481 e. The Hall–Kier alpha value is -1.84. The maximum absolute atomic E-state index is 11.9. The molecule has 19 heavy (non-hydrogen) atoms. The largest absolute Gasteiger partial charge is 0.481 e. The smallest absolute Gasteiger partial charge is 0.306 e. The Morgan fingerprint density at radius 2 is 2.05 bits per heavy atom. The predicted octanol–water partition coefficient (Wildman–Crippen LogP) is 2.02. The summed E-state index contributed by atoms with van der Waals surface area (Å²) in [6.45, 7) is 2.09. The van der Waals surface area contributed by atoms with Gasteiger partial charge in [0.25, 0.3) is 0 Å². The average molecular weight is 261 g/mol. The molecule has 0 saturated heterocycles. The first-order chi connectivity index (χ1) is 9.09. The molecule has 1 amide bonds. The third-order valence-corrected chi connectivity index (χ3v) is 3.65. The molecule has 2 N–H and O–H groups in total. The third kappa shape index (κ3) is 3.56. The molecule has 1 fully saturated rings. The molecular weight excluding hydrogens is 242 g/mol. The van der Waals surface area contributed by atoms with Gasteiger partial charge in [-0.15, -0.1) is 0 Å². The van der Waals surface area contributed by atoms with Gasteiger partial charge in [0.05, 0.1) is 5.92 Å². The molecule has 1 saturated carbocycles. The Bertz CT molecular complexity index is 458. The van der Waals surface area contributed by atoms with Gasteiger partial charge < -0.3 is 10.4 Å². The molecule has 0 spiro atoms. The van der Waals surface area contributed by atoms with Crippen molar-refractivity contribution in [3.8, 4) is 0 Å². The van der Waals surface area contributed by atoms with Crippen LogP contribution in [-0.2, 0) is 9.59 Å². The molecule has 3 atom stereocenters. The monoisotopic (exact) mass is 261 g/mol. The topological polar surface area (TPSA) is 66.4 Å². The van der Waals surface area contributed by atoms with Crippen LogP contribution in [0.5, 0.6) is 0 Å². The summed E-state index contributed by atoms with van der Waals surface area (Å²) in [5.74, 6) is -0.792. The number of hydrogen-bond donors (Lipinski definition) is 2. The normalized spacial score (nSPS) is 22.6. The number of carbonyl (C=O) groups excluding carboxylic acids is 1. The van der Waals surface area contributed by atoms with E-state index in [1.165, 1.54) is 5.56 Å². The van der Waals surface area contributed by atoms with Crippen LogP contribution in [0, 0.1) is 11.8 Å². The van der Waals surface area contributed by atoms with Gasteiger partial charge in [0.2, 0.25) is 5.91 Å². The van der Waals surface area contributed by atoms with E-state index in [9.17, 15) is 9.59 Å². The van der Waals surface area contributed by atoms with Gasteiger partial charge in [0.1, 0.15) is 0 Å². The van der Waals surface area contributed by atoms with Crippen LogP contribution in [0.25, 0.3) is 0 Å². The molecule has 3 unspecified atom stereocenters. The fourth-order valence-corrected chi connectivity index (χ4v) is 2.22. The summed E-state index contributed by atoms with van der Waals surface area (Å²) >= 11 is 0. The van der Waals surface area contributed by atoms with Crippen LogP contribution in [0.3, 0.4) is 0 Å². The maximum atomic E-state index is 11.9. The summed E-state index contributed by atoms with van der Waals surface area (Å²) in [7, 11) is 0. The second kappa shape index (κ2) is 5.87. The Morgan fingerprint density at radius 3 is 2.68 bits per heavy atom. The van der Waals surface area contributed by atoms with Gasteiger partial charge in [-0.2, -0.15) is 0 Å². The zero-order valence-electron chi connectivity index (χ0n) is 11.0. The van der Waals surface area contributed by atoms with Crippen LogP contribution >= 0.6 is 0 Å². The van der Waals surface area contributed by atoms with Gasteiger partial charge in [-0.25, -0.2) is 0 Å². The lowest BCUT2D eigenvalue weighted by Gasteiger charge is -2.07. The zero-order chi connectivity index (χ0) is 13.8. The van der Waals surface area contributed by atoms with E-state index in [0.717, 1.165) is 6.42 Å². The van der Waals surface area contributed by atoms with E-state index < -0.39 is 11.9 Å². The first-order valence-corrected chi connectivity index (χ1v) is 6.65. The number of amides is 1. The summed E-state index contributed by atoms with van der Waals surface area (Å²) in [6.07, 6.45) is 1.37. The van der Waals surface area contributed by atoms with Gasteiger partial charge in [0.15, 0.2) is 0 Å². The molecule has 0 bridgehead atoms. The lowest BCUT2D eigenvalue weighted by atomic mass is 10.1. The molecule has 4 nitrogen and oxygen atoms in total. The van der Waals surface area contributed by atoms with E-state index in [1.807, 2.05) is 30.3 Å². The Morgan fingerprint density at radius 1 is 1.37 bits per heavy atom. The van der Waals surface area contributed by atoms with Crippen molar-refractivity contribution in [3.05, 3.63) is 35.9 Å². The fourth-order valence-electron chi connectivity index (χ4n) is 2.22. The molecule has 1 aromatic rings. The van der Waals surface area contributed by atoms with E-state index in [0.29, 0.717) is 18.9 Å². The van der Waals surface area contributed by atoms with Crippen molar-refractivity contribution in [2.45, 2.75) is 25.7 Å². The summed E-state index contributed by atoms with van der Waals surface area (Å²) < 4.78 is 0. The van der Waals surface area contributed by atoms with Gasteiger partial charge >= 0.3 is 5.97 Å². The lowest BCUT2D eigenvalue weighted by Crippen LogP contribution is -2.28. The number of rotatable bonds is 6. The first-order valence-electron chi connectivity index (χ1n) is 6.65. The molecule has 0 radical (unpaired) electrons. The third-order valence-electron chi connectivity index (χ3n) is 3.65. The van der Waals surface area contributed by atoms with Gasteiger partial charge in [-0.05, 0) is 24.3 Å². The van der Waals surface area contributed by atoms with Crippen LogP contribution in [0.15, 0.2) is 30.3 Å². The van der Waals surface area contributed by atoms with Crippen molar-refractivity contribution >= 4 is 11.9 Å². The van der Waals surface area contributed by atoms with Crippen molar-refractivity contribution < 1.29 is 14.7 Å². The van der Waals surface area contributed by atoms with E-state index in [2.05, 4.69) is 5.32 Å². The second-order valence-corrected chi connectivity index (χ2v) is 5.18. The average Bonchev–Trinajstić information content (AvgIpc) is 3.19. The minimum atomic E-state index is -0.817. The van der Waals surface area contributed by atoms with Crippen molar-refractivity contribution in [3.63, 3.8) is 0 Å². The standard InChI is InChI=1S/C15H19NO3/c1-10(15(18)19)7-8-16-14(17)13-9-12(13)11-5-3-2-4-6-11/h2-6,10,12-13H,7-9H2,1H3,(H,16,17)(H,18,19). The number of benzene rings is 1. The highest BCUT2D eigenvalue weighted by atomic mass is 16.4. The van der Waals surface area contributed by atoms with Crippen LogP contribution in [0.1, 0.15) is 31.2 Å². The highest BCUT2D eigenvalue weighted by molar-refractivity contribution is 5.82. The van der Waals surface area contributed by atoms with Gasteiger partial charge in [0, 0.05) is 12.5 Å². The van der Waals surface area contributed by atoms with E-state index in [-0.39, 0.29) is 11.8 Å². The van der Waals surface area contributed by atoms with Crippen molar-refractivity contribution in [2.75, 3.05) is 6.54 Å². The van der Waals surface area contributed by atoms with Crippen LogP contribution < -0.4 is 5.32 Å². The number of aliphatic carboxylic acids is 1. The molecule has 4 heteroatoms. The lowest BCUT2D eigenvalue weighted by molar-refractivity contribution is -0.141. The molecule has 0 heterocycles. The number of carboxylic acids is 1. The predicted molar refractivity (Wildman–Crippen MR) is 71.7 cm³/mol. The van der Waals surface area contributed by atoms with Crippen molar-refractivity contribution in [1.29, 1.82) is 0 Å². The molecule has 1 aliphatic rings. The van der Waals surface area contributed by atoms with E-state index in [4.69, 9.17) is 5.11 Å². The maximum Gasteiger partial charge on any atom is 0.306 e. The molecule has 0 aliphatic heterocycles. The van der Waals surface area contributed by atoms with Crippen molar-refractivity contribution in [2.24, 2.45) is 11.8 Å². The van der Waals surface area contributed by atoms with E-state index >= 15 is 0 Å². The van der Waals surface area contributed by atoms with Crippen LogP contribution in [-0.4, -0.2) is 23.5 Å². The Kier molecular flexibility index (Phi) is 4.20. The summed E-state index contributed by atoms with van der Waals surface area (Å²) in [5, 5.41) is 11.6. The number of carboxylic acid groups (broad SMARTS) is 1. The van der Waals surface area contributed by atoms with Gasteiger partial charge in [-0.1, -0.05) is 37.3 Å². The molecular formula is C15H19NO3. The SMILES string of the molecule is CC(CCNC(=O)C1CC1c1ccccc1)C(=O)O. The summed E-state index contributed by atoms with van der Waals surface area (Å²) in [4.78, 5) is 22.5. The van der Waals surface area contributed by atoms with Gasteiger partial charge in [-0.3, -0.25) is 9.59 Å². The van der Waals surface area contributed by atoms with Crippen LogP contribution in [0.2, 0.25) is 0 Å². The Labute approximate surface area is 112 Å². The number of hydrogen-bond acceptors (Lipinski definition) is 2. The molecule has 2 rings (SSSR count). The first kappa shape index (κ1) is 13.6. The van der Waals surface area contributed by atoms with E-state index in [1.54, 1.807) is 6.92 Å². The van der Waals surface area contributed by atoms with Crippen LogP contribution in [0.4, 0.5) is 0 Å². The zero-order valence-corrected chi connectivity index (χ0v) is 11.0. The fraction of sp³-hybridized carbons (Fsp3) is 0.467. The summed E-state index contributed by atoms with van der Waals surface area (Å²) in [5.41, 5.74) is 1.21. The molecule has 1 aliphatic carbocycles. The second-order valence-electron chi connectivity index (χ2n) is 5.18. The Balaban J connectivity index is 1.73. The highest BCUT2D eigenvalue weighted by Crippen LogP contribution is 2.47. The minimum absolute atomic E-state index is 0.0476. The summed E-state index contributed by atoms with van der Waals surface area (Å²) in [6, 6.07) is 10.0. The number of carbonyl (C=O) groups is 2. The molecule has 102 valence electrons. The molecule has 0 aromatic heterocycles. The quantitative estimate of drug-likeness (QED) is 0.823. The van der Waals surface area contributed by atoms with Crippen molar-refractivity contribution in [1.82, 2.24) is 5.32 Å². The molecule has 1 aromatic carbocycles. The number of nitrogens with one attached hydrogen (secondary N) is 1. The highest BCUT2D eigenvalue weighted by Gasteiger charge is 2.43.